The van der Waals surface area contributed by atoms with E-state index in [2.05, 4.69) is 0 Å². The molecule has 0 aliphatic heterocycles. The molecule has 5 nitrogen and oxygen atoms in total. The molecule has 2 aromatic rings. The number of nitro groups is 1. The van der Waals surface area contributed by atoms with Crippen LogP contribution in [-0.2, 0) is 15.6 Å². The Hall–Kier alpha value is -1.99. The van der Waals surface area contributed by atoms with Crippen molar-refractivity contribution in [2.75, 3.05) is 0 Å². The standard InChI is InChI=1S/C13H9ClFNO4S/c14-10-4-5-13(16(17)18)9(6-10)8-21(19,20)12-3-1-2-11(15)7-12/h1-7H,8H2. The summed E-state index contributed by atoms with van der Waals surface area (Å²) in [7, 11) is -3.91. The Morgan fingerprint density at radius 2 is 1.90 bits per heavy atom. The highest BCUT2D eigenvalue weighted by molar-refractivity contribution is 7.90. The van der Waals surface area contributed by atoms with Gasteiger partial charge in [-0.3, -0.25) is 10.1 Å². The van der Waals surface area contributed by atoms with Crippen molar-refractivity contribution in [2.45, 2.75) is 10.6 Å². The molecular weight excluding hydrogens is 321 g/mol. The van der Waals surface area contributed by atoms with Crippen molar-refractivity contribution >= 4 is 27.1 Å². The zero-order valence-electron chi connectivity index (χ0n) is 10.5. The average molecular weight is 330 g/mol. The van der Waals surface area contributed by atoms with Crippen LogP contribution in [0.15, 0.2) is 47.4 Å². The van der Waals surface area contributed by atoms with Crippen LogP contribution in [0.25, 0.3) is 0 Å². The van der Waals surface area contributed by atoms with Crippen LogP contribution in [0.1, 0.15) is 5.56 Å². The summed E-state index contributed by atoms with van der Waals surface area (Å²) in [6.07, 6.45) is 0. The fraction of sp³-hybridized carbons (Fsp3) is 0.0769. The average Bonchev–Trinajstić information content (AvgIpc) is 2.38. The molecular formula is C13H9ClFNO4S. The van der Waals surface area contributed by atoms with Gasteiger partial charge in [-0.05, 0) is 30.3 Å². The summed E-state index contributed by atoms with van der Waals surface area (Å²) in [5, 5.41) is 11.1. The molecule has 0 saturated carbocycles. The second-order valence-electron chi connectivity index (χ2n) is 4.25. The smallest absolute Gasteiger partial charge is 0.258 e. The second kappa shape index (κ2) is 5.79. The molecule has 0 aliphatic carbocycles. The SMILES string of the molecule is O=[N+]([O-])c1ccc(Cl)cc1CS(=O)(=O)c1cccc(F)c1. The van der Waals surface area contributed by atoms with E-state index in [1.165, 1.54) is 24.3 Å². The van der Waals surface area contributed by atoms with Crippen LogP contribution < -0.4 is 0 Å². The number of sulfone groups is 1. The van der Waals surface area contributed by atoms with E-state index in [0.717, 1.165) is 18.2 Å². The van der Waals surface area contributed by atoms with E-state index < -0.39 is 26.3 Å². The number of nitrogens with zero attached hydrogens (tertiary/aromatic N) is 1. The molecule has 0 spiro atoms. The predicted octanol–water partition coefficient (Wildman–Crippen LogP) is 3.36. The molecule has 8 heteroatoms. The van der Waals surface area contributed by atoms with Crippen LogP contribution >= 0.6 is 11.6 Å². The van der Waals surface area contributed by atoms with Crippen LogP contribution in [0, 0.1) is 15.9 Å². The van der Waals surface area contributed by atoms with Gasteiger partial charge in [0.2, 0.25) is 0 Å². The van der Waals surface area contributed by atoms with Gasteiger partial charge in [-0.1, -0.05) is 17.7 Å². The summed E-state index contributed by atoms with van der Waals surface area (Å²) in [5.74, 6) is -1.33. The minimum atomic E-state index is -3.91. The Morgan fingerprint density at radius 3 is 2.52 bits per heavy atom. The van der Waals surface area contributed by atoms with Gasteiger partial charge in [0.1, 0.15) is 5.82 Å². The Labute approximate surface area is 125 Å². The normalized spacial score (nSPS) is 11.3. The van der Waals surface area contributed by atoms with Crippen molar-refractivity contribution in [2.24, 2.45) is 0 Å². The van der Waals surface area contributed by atoms with Gasteiger partial charge in [0.15, 0.2) is 9.84 Å². The zero-order chi connectivity index (χ0) is 15.6. The minimum Gasteiger partial charge on any atom is -0.258 e. The van der Waals surface area contributed by atoms with E-state index in [-0.39, 0.29) is 21.2 Å². The highest BCUT2D eigenvalue weighted by atomic mass is 35.5. The second-order valence-corrected chi connectivity index (χ2v) is 6.67. The van der Waals surface area contributed by atoms with Crippen molar-refractivity contribution in [3.05, 3.63) is 69.0 Å². The van der Waals surface area contributed by atoms with E-state index in [0.29, 0.717) is 0 Å². The molecule has 0 heterocycles. The molecule has 21 heavy (non-hydrogen) atoms. The number of benzene rings is 2. The highest BCUT2D eigenvalue weighted by Gasteiger charge is 2.22. The van der Waals surface area contributed by atoms with Gasteiger partial charge < -0.3 is 0 Å². The first-order chi connectivity index (χ1) is 9.79. The van der Waals surface area contributed by atoms with E-state index in [9.17, 15) is 22.9 Å². The van der Waals surface area contributed by atoms with Crippen LogP contribution in [0.5, 0.6) is 0 Å². The van der Waals surface area contributed by atoms with Crippen LogP contribution in [0.3, 0.4) is 0 Å². The largest absolute Gasteiger partial charge is 0.273 e. The molecule has 0 aromatic heterocycles. The fourth-order valence-corrected chi connectivity index (χ4v) is 3.38. The number of rotatable bonds is 4. The predicted molar refractivity (Wildman–Crippen MR) is 75.4 cm³/mol. The summed E-state index contributed by atoms with van der Waals surface area (Å²) in [6.45, 7) is 0. The summed E-state index contributed by atoms with van der Waals surface area (Å²) in [6, 6.07) is 8.13. The maximum Gasteiger partial charge on any atom is 0.273 e. The van der Waals surface area contributed by atoms with Crippen LogP contribution in [0.4, 0.5) is 10.1 Å². The lowest BCUT2D eigenvalue weighted by Crippen LogP contribution is -2.07. The molecule has 0 bridgehead atoms. The molecule has 0 atom stereocenters. The summed E-state index contributed by atoms with van der Waals surface area (Å²) >= 11 is 5.74. The van der Waals surface area contributed by atoms with Crippen molar-refractivity contribution in [1.29, 1.82) is 0 Å². The van der Waals surface area contributed by atoms with E-state index >= 15 is 0 Å². The van der Waals surface area contributed by atoms with E-state index in [4.69, 9.17) is 11.6 Å². The number of hydrogen-bond acceptors (Lipinski definition) is 4. The van der Waals surface area contributed by atoms with Gasteiger partial charge in [-0.25, -0.2) is 12.8 Å². The Morgan fingerprint density at radius 1 is 1.19 bits per heavy atom. The third-order valence-electron chi connectivity index (χ3n) is 2.74. The Balaban J connectivity index is 2.46. The number of nitro benzene ring substituents is 1. The fourth-order valence-electron chi connectivity index (χ4n) is 1.80. The summed E-state index contributed by atoms with van der Waals surface area (Å²) in [5.41, 5.74) is -0.392. The molecule has 0 aliphatic rings. The zero-order valence-corrected chi connectivity index (χ0v) is 12.1. The lowest BCUT2D eigenvalue weighted by atomic mass is 10.2. The quantitative estimate of drug-likeness (QED) is 0.636. The molecule has 0 saturated heterocycles. The molecule has 0 fully saturated rings. The molecule has 2 rings (SSSR count). The molecule has 2 aromatic carbocycles. The molecule has 0 N–H and O–H groups in total. The third kappa shape index (κ3) is 3.56. The lowest BCUT2D eigenvalue weighted by molar-refractivity contribution is -0.385. The lowest BCUT2D eigenvalue weighted by Gasteiger charge is -2.06. The topological polar surface area (TPSA) is 77.3 Å². The van der Waals surface area contributed by atoms with E-state index in [1.807, 2.05) is 0 Å². The van der Waals surface area contributed by atoms with Gasteiger partial charge in [-0.15, -0.1) is 0 Å². The minimum absolute atomic E-state index is 0.0447. The van der Waals surface area contributed by atoms with Crippen LogP contribution in [0.2, 0.25) is 5.02 Å². The van der Waals surface area contributed by atoms with Crippen LogP contribution in [-0.4, -0.2) is 13.3 Å². The highest BCUT2D eigenvalue weighted by Crippen LogP contribution is 2.27. The third-order valence-corrected chi connectivity index (χ3v) is 4.64. The van der Waals surface area contributed by atoms with Gasteiger partial charge >= 0.3 is 0 Å². The van der Waals surface area contributed by atoms with E-state index in [1.54, 1.807) is 0 Å². The maximum atomic E-state index is 13.1. The molecule has 0 unspecified atom stereocenters. The first kappa shape index (κ1) is 15.4. The van der Waals surface area contributed by atoms with Crippen molar-refractivity contribution in [3.8, 4) is 0 Å². The Kier molecular flexibility index (Phi) is 4.24. The van der Waals surface area contributed by atoms with Crippen molar-refractivity contribution in [1.82, 2.24) is 0 Å². The number of halogens is 2. The van der Waals surface area contributed by atoms with Gasteiger partial charge in [0.25, 0.3) is 5.69 Å². The first-order valence-corrected chi connectivity index (χ1v) is 7.74. The van der Waals surface area contributed by atoms with Gasteiger partial charge in [0, 0.05) is 16.7 Å². The first-order valence-electron chi connectivity index (χ1n) is 5.71. The summed E-state index contributed by atoms with van der Waals surface area (Å²) < 4.78 is 37.5. The van der Waals surface area contributed by atoms with Gasteiger partial charge in [0.05, 0.1) is 15.6 Å². The number of hydrogen-bond donors (Lipinski definition) is 0. The van der Waals surface area contributed by atoms with Crippen molar-refractivity contribution < 1.29 is 17.7 Å². The van der Waals surface area contributed by atoms with Gasteiger partial charge in [-0.2, -0.15) is 0 Å². The molecule has 0 amide bonds. The molecule has 110 valence electrons. The van der Waals surface area contributed by atoms with Crippen molar-refractivity contribution in [3.63, 3.8) is 0 Å². The Bertz CT molecular complexity index is 808. The molecule has 0 radical (unpaired) electrons. The maximum absolute atomic E-state index is 13.1. The summed E-state index contributed by atoms with van der Waals surface area (Å²) in [4.78, 5) is 9.99. The monoisotopic (exact) mass is 329 g/mol.